The number of hydrogen-bond acceptors (Lipinski definition) is 7. The van der Waals surface area contributed by atoms with Crippen molar-refractivity contribution in [2.45, 2.75) is 18.1 Å². The zero-order valence-corrected chi connectivity index (χ0v) is 13.5. The van der Waals surface area contributed by atoms with E-state index in [1.54, 1.807) is 30.3 Å². The fraction of sp³-hybridized carbons (Fsp3) is 0.267. The Bertz CT molecular complexity index is 704. The second-order valence-corrected chi connectivity index (χ2v) is 5.94. The normalized spacial score (nSPS) is 11.9. The summed E-state index contributed by atoms with van der Waals surface area (Å²) in [7, 11) is -1.58. The minimum atomic E-state index is -1.58. The SMILES string of the molecule is O=Nc1ccccc1S(=O)NCCOc1cc(CO)nc(CO)c1. The Balaban J connectivity index is 1.89. The molecule has 8 nitrogen and oxygen atoms in total. The van der Waals surface area contributed by atoms with Crippen LogP contribution in [0.4, 0.5) is 5.69 Å². The van der Waals surface area contributed by atoms with E-state index in [2.05, 4.69) is 14.9 Å². The molecular weight excluding hydrogens is 334 g/mol. The fourth-order valence-corrected chi connectivity index (χ4v) is 2.86. The topological polar surface area (TPSA) is 121 Å². The van der Waals surface area contributed by atoms with Crippen LogP contribution in [-0.4, -0.2) is 32.6 Å². The number of nitrogens with zero attached hydrogens (tertiary/aromatic N) is 2. The van der Waals surface area contributed by atoms with Crippen molar-refractivity contribution < 1.29 is 19.2 Å². The number of nitrogens with one attached hydrogen (secondary N) is 1. The van der Waals surface area contributed by atoms with Crippen molar-refractivity contribution in [3.63, 3.8) is 0 Å². The van der Waals surface area contributed by atoms with Gasteiger partial charge in [0.05, 0.1) is 29.5 Å². The second kappa shape index (κ2) is 9.18. The summed E-state index contributed by atoms with van der Waals surface area (Å²) >= 11 is 0. The molecule has 0 bridgehead atoms. The van der Waals surface area contributed by atoms with Gasteiger partial charge in [-0.25, -0.2) is 8.93 Å². The molecule has 0 saturated heterocycles. The first-order valence-electron chi connectivity index (χ1n) is 7.10. The molecule has 3 N–H and O–H groups in total. The third kappa shape index (κ3) is 4.90. The van der Waals surface area contributed by atoms with E-state index in [-0.39, 0.29) is 32.1 Å². The molecule has 1 aromatic heterocycles. The van der Waals surface area contributed by atoms with Crippen molar-refractivity contribution in [3.8, 4) is 5.75 Å². The summed E-state index contributed by atoms with van der Waals surface area (Å²) in [6.45, 7) is -0.0723. The Morgan fingerprint density at radius 3 is 2.46 bits per heavy atom. The highest BCUT2D eigenvalue weighted by molar-refractivity contribution is 7.83. The maximum atomic E-state index is 12.1. The Morgan fingerprint density at radius 1 is 1.17 bits per heavy atom. The van der Waals surface area contributed by atoms with Gasteiger partial charge in [-0.2, -0.15) is 0 Å². The average molecular weight is 351 g/mol. The molecule has 0 fully saturated rings. The first-order valence-corrected chi connectivity index (χ1v) is 8.25. The zero-order valence-electron chi connectivity index (χ0n) is 12.7. The minimum Gasteiger partial charge on any atom is -0.492 e. The van der Waals surface area contributed by atoms with Gasteiger partial charge < -0.3 is 14.9 Å². The van der Waals surface area contributed by atoms with Gasteiger partial charge in [0.2, 0.25) is 0 Å². The molecule has 2 aromatic rings. The molecule has 1 aromatic carbocycles. The lowest BCUT2D eigenvalue weighted by Crippen LogP contribution is -2.23. The van der Waals surface area contributed by atoms with E-state index >= 15 is 0 Å². The van der Waals surface area contributed by atoms with E-state index in [0.717, 1.165) is 0 Å². The van der Waals surface area contributed by atoms with Gasteiger partial charge in [-0.3, -0.25) is 4.98 Å². The molecule has 0 aliphatic heterocycles. The number of aliphatic hydroxyl groups excluding tert-OH is 2. The van der Waals surface area contributed by atoms with Crippen LogP contribution in [0.15, 0.2) is 46.5 Å². The van der Waals surface area contributed by atoms with Crippen molar-refractivity contribution in [1.82, 2.24) is 9.71 Å². The lowest BCUT2D eigenvalue weighted by atomic mass is 10.3. The van der Waals surface area contributed by atoms with E-state index in [9.17, 15) is 9.12 Å². The molecule has 2 rings (SSSR count). The van der Waals surface area contributed by atoms with Crippen molar-refractivity contribution >= 4 is 16.7 Å². The maximum Gasteiger partial charge on any atom is 0.127 e. The third-order valence-electron chi connectivity index (χ3n) is 3.00. The predicted octanol–water partition coefficient (Wildman–Crippen LogP) is 1.16. The van der Waals surface area contributed by atoms with Crippen molar-refractivity contribution in [1.29, 1.82) is 0 Å². The quantitative estimate of drug-likeness (QED) is 0.460. The van der Waals surface area contributed by atoms with Crippen LogP contribution in [0, 0.1) is 4.91 Å². The first-order chi connectivity index (χ1) is 11.7. The molecule has 24 heavy (non-hydrogen) atoms. The lowest BCUT2D eigenvalue weighted by molar-refractivity contribution is 0.261. The smallest absolute Gasteiger partial charge is 0.127 e. The standard InChI is InChI=1S/C15H17N3O5S/c19-9-11-7-13(8-12(10-20)17-11)23-6-5-16-24(22)15-4-2-1-3-14(15)18-21/h1-4,7-8,16,19-20H,5-6,9-10H2. The van der Waals surface area contributed by atoms with Crippen LogP contribution < -0.4 is 9.46 Å². The Kier molecular flexibility index (Phi) is 6.94. The van der Waals surface area contributed by atoms with Crippen LogP contribution in [0.3, 0.4) is 0 Å². The summed E-state index contributed by atoms with van der Waals surface area (Å²) < 4.78 is 20.3. The summed E-state index contributed by atoms with van der Waals surface area (Å²) in [6, 6.07) is 9.47. The largest absolute Gasteiger partial charge is 0.492 e. The van der Waals surface area contributed by atoms with Crippen LogP contribution in [0.5, 0.6) is 5.75 Å². The van der Waals surface area contributed by atoms with Crippen molar-refractivity contribution in [2.75, 3.05) is 13.2 Å². The van der Waals surface area contributed by atoms with E-state index in [4.69, 9.17) is 14.9 Å². The molecular formula is C15H17N3O5S. The maximum absolute atomic E-state index is 12.1. The monoisotopic (exact) mass is 351 g/mol. The van der Waals surface area contributed by atoms with E-state index in [1.807, 2.05) is 0 Å². The molecule has 9 heteroatoms. The van der Waals surface area contributed by atoms with Crippen LogP contribution in [0.1, 0.15) is 11.4 Å². The van der Waals surface area contributed by atoms with Gasteiger partial charge in [0, 0.05) is 18.7 Å². The van der Waals surface area contributed by atoms with Crippen molar-refractivity contribution in [2.24, 2.45) is 5.18 Å². The zero-order chi connectivity index (χ0) is 17.4. The Labute approximate surface area is 141 Å². The number of rotatable bonds is 9. The predicted molar refractivity (Wildman–Crippen MR) is 87.9 cm³/mol. The molecule has 0 radical (unpaired) electrons. The minimum absolute atomic E-state index is 0.124. The highest BCUT2D eigenvalue weighted by Crippen LogP contribution is 2.20. The summed E-state index contributed by atoms with van der Waals surface area (Å²) in [5, 5.41) is 21.1. The highest BCUT2D eigenvalue weighted by atomic mass is 32.2. The van der Waals surface area contributed by atoms with Gasteiger partial charge in [0.1, 0.15) is 29.0 Å². The number of aliphatic hydroxyl groups is 2. The fourth-order valence-electron chi connectivity index (χ4n) is 1.93. The Hall–Kier alpha value is -2.20. The first kappa shape index (κ1) is 18.1. The number of pyridine rings is 1. The number of nitroso groups, excluding NO2 is 1. The third-order valence-corrected chi connectivity index (χ3v) is 4.21. The summed E-state index contributed by atoms with van der Waals surface area (Å²) in [5.74, 6) is 0.445. The van der Waals surface area contributed by atoms with Gasteiger partial charge in [-0.05, 0) is 17.3 Å². The van der Waals surface area contributed by atoms with Crippen LogP contribution in [-0.2, 0) is 24.2 Å². The number of aromatic nitrogens is 1. The van der Waals surface area contributed by atoms with Gasteiger partial charge in [0.15, 0.2) is 0 Å². The van der Waals surface area contributed by atoms with E-state index < -0.39 is 11.0 Å². The van der Waals surface area contributed by atoms with Gasteiger partial charge in [-0.15, -0.1) is 4.91 Å². The van der Waals surface area contributed by atoms with Gasteiger partial charge >= 0.3 is 0 Å². The number of hydrogen-bond donors (Lipinski definition) is 3. The van der Waals surface area contributed by atoms with Gasteiger partial charge in [-0.1, -0.05) is 12.1 Å². The van der Waals surface area contributed by atoms with Gasteiger partial charge in [0.25, 0.3) is 0 Å². The summed E-state index contributed by atoms with van der Waals surface area (Å²) in [6.07, 6.45) is 0. The lowest BCUT2D eigenvalue weighted by Gasteiger charge is -2.10. The molecule has 0 spiro atoms. The second-order valence-electron chi connectivity index (χ2n) is 4.67. The molecule has 0 aliphatic carbocycles. The molecule has 0 amide bonds. The van der Waals surface area contributed by atoms with E-state index in [1.165, 1.54) is 6.07 Å². The highest BCUT2D eigenvalue weighted by Gasteiger charge is 2.09. The summed E-state index contributed by atoms with van der Waals surface area (Å²) in [5.41, 5.74) is 0.900. The molecule has 0 aliphatic rings. The van der Waals surface area contributed by atoms with Crippen LogP contribution in [0.25, 0.3) is 0 Å². The molecule has 0 saturated carbocycles. The molecule has 1 heterocycles. The molecule has 1 unspecified atom stereocenters. The summed E-state index contributed by atoms with van der Waals surface area (Å²) in [4.78, 5) is 15.0. The number of benzene rings is 1. The Morgan fingerprint density at radius 2 is 1.83 bits per heavy atom. The molecule has 1 atom stereocenters. The van der Waals surface area contributed by atoms with E-state index in [0.29, 0.717) is 22.0 Å². The van der Waals surface area contributed by atoms with Crippen molar-refractivity contribution in [3.05, 3.63) is 52.7 Å². The van der Waals surface area contributed by atoms with Crippen LogP contribution >= 0.6 is 0 Å². The number of ether oxygens (including phenoxy) is 1. The molecule has 128 valence electrons. The van der Waals surface area contributed by atoms with Crippen LogP contribution in [0.2, 0.25) is 0 Å². The average Bonchev–Trinajstić information content (AvgIpc) is 2.64.